The van der Waals surface area contributed by atoms with Crippen molar-refractivity contribution in [2.75, 3.05) is 6.61 Å². The Balaban J connectivity index is 1.84. The summed E-state index contributed by atoms with van der Waals surface area (Å²) in [5.74, 6) is 0.237. The smallest absolute Gasteiger partial charge is 0.273 e. The Morgan fingerprint density at radius 1 is 1.21 bits per heavy atom. The fourth-order valence-electron chi connectivity index (χ4n) is 2.00. The fraction of sp³-hybridized carbons (Fsp3) is 0.263. The number of nitrogens with one attached hydrogen (secondary N) is 1. The van der Waals surface area contributed by atoms with Crippen LogP contribution < -0.4 is 10.2 Å². The van der Waals surface area contributed by atoms with Crippen LogP contribution in [-0.2, 0) is 4.79 Å². The van der Waals surface area contributed by atoms with Crippen molar-refractivity contribution in [2.45, 2.75) is 25.9 Å². The molecular weight excluding hydrogens is 304 g/mol. The number of aliphatic hydroxyl groups excluding tert-OH is 1. The molecule has 24 heavy (non-hydrogen) atoms. The van der Waals surface area contributed by atoms with Crippen molar-refractivity contribution in [3.63, 3.8) is 0 Å². The van der Waals surface area contributed by atoms with Crippen LogP contribution in [0.1, 0.15) is 37.0 Å². The van der Waals surface area contributed by atoms with Gasteiger partial charge in [0.15, 0.2) is 6.10 Å². The number of ether oxygens (including phenoxy) is 1. The van der Waals surface area contributed by atoms with Gasteiger partial charge in [-0.25, -0.2) is 5.43 Å². The van der Waals surface area contributed by atoms with E-state index in [9.17, 15) is 9.90 Å². The summed E-state index contributed by atoms with van der Waals surface area (Å²) in [4.78, 5) is 11.8. The zero-order chi connectivity index (χ0) is 17.2. The van der Waals surface area contributed by atoms with Crippen molar-refractivity contribution in [3.8, 4) is 5.75 Å². The number of hydrogen-bond donors (Lipinski definition) is 2. The molecule has 2 aromatic rings. The number of hydrogen-bond acceptors (Lipinski definition) is 4. The summed E-state index contributed by atoms with van der Waals surface area (Å²) in [6.07, 6.45) is 2.40. The lowest BCUT2D eigenvalue weighted by Crippen LogP contribution is -2.25. The fourth-order valence-corrected chi connectivity index (χ4v) is 2.00. The molecule has 0 fully saturated rings. The monoisotopic (exact) mass is 326 g/mol. The summed E-state index contributed by atoms with van der Waals surface area (Å²) in [7, 11) is 0. The molecule has 2 N–H and O–H groups in total. The van der Waals surface area contributed by atoms with Gasteiger partial charge in [0.1, 0.15) is 5.75 Å². The number of amides is 1. The minimum atomic E-state index is -1.24. The molecule has 0 aromatic heterocycles. The predicted molar refractivity (Wildman–Crippen MR) is 94.0 cm³/mol. The lowest BCUT2D eigenvalue weighted by atomic mass is 10.1. The Hall–Kier alpha value is -2.66. The van der Waals surface area contributed by atoms with Gasteiger partial charge in [-0.1, -0.05) is 43.7 Å². The molecular formula is C19H22N2O3. The van der Waals surface area contributed by atoms with Crippen LogP contribution in [0, 0.1) is 0 Å². The topological polar surface area (TPSA) is 70.9 Å². The van der Waals surface area contributed by atoms with Gasteiger partial charge >= 0.3 is 0 Å². The number of benzene rings is 2. The quantitative estimate of drug-likeness (QED) is 0.445. The van der Waals surface area contributed by atoms with Crippen molar-refractivity contribution in [1.29, 1.82) is 0 Å². The highest BCUT2D eigenvalue weighted by Crippen LogP contribution is 2.13. The molecule has 5 nitrogen and oxygen atoms in total. The first-order chi connectivity index (χ1) is 11.7. The molecule has 0 aliphatic carbocycles. The van der Waals surface area contributed by atoms with Gasteiger partial charge in [0.05, 0.1) is 12.8 Å². The average molecular weight is 326 g/mol. The molecule has 0 saturated carbocycles. The maximum absolute atomic E-state index is 11.8. The Kier molecular flexibility index (Phi) is 6.98. The largest absolute Gasteiger partial charge is 0.494 e. The summed E-state index contributed by atoms with van der Waals surface area (Å²) in [6.45, 7) is 2.82. The summed E-state index contributed by atoms with van der Waals surface area (Å²) in [5.41, 5.74) is 3.69. The molecule has 2 aromatic carbocycles. The Bertz CT molecular complexity index is 654. The second kappa shape index (κ2) is 9.47. The predicted octanol–water partition coefficient (Wildman–Crippen LogP) is 3.05. The van der Waals surface area contributed by atoms with Crippen LogP contribution in [0.2, 0.25) is 0 Å². The third kappa shape index (κ3) is 5.52. The van der Waals surface area contributed by atoms with Crippen LogP contribution in [0.5, 0.6) is 5.75 Å². The number of nitrogens with zero attached hydrogens (tertiary/aromatic N) is 1. The van der Waals surface area contributed by atoms with E-state index in [1.54, 1.807) is 24.3 Å². The first-order valence-electron chi connectivity index (χ1n) is 7.99. The number of aliphatic hydroxyl groups is 1. The van der Waals surface area contributed by atoms with Crippen LogP contribution in [-0.4, -0.2) is 23.8 Å². The van der Waals surface area contributed by atoms with Crippen LogP contribution in [0.4, 0.5) is 0 Å². The molecule has 2 rings (SSSR count). The van der Waals surface area contributed by atoms with Crippen LogP contribution in [0.15, 0.2) is 59.7 Å². The number of carbonyl (C=O) groups excluding carboxylic acids is 1. The van der Waals surface area contributed by atoms with Gasteiger partial charge < -0.3 is 9.84 Å². The van der Waals surface area contributed by atoms with Crippen molar-refractivity contribution >= 4 is 12.1 Å². The van der Waals surface area contributed by atoms with E-state index in [-0.39, 0.29) is 0 Å². The lowest BCUT2D eigenvalue weighted by molar-refractivity contribution is -0.129. The first kappa shape index (κ1) is 17.7. The molecule has 0 aliphatic rings. The van der Waals surface area contributed by atoms with Crippen molar-refractivity contribution in [2.24, 2.45) is 5.10 Å². The second-order valence-electron chi connectivity index (χ2n) is 5.32. The third-order valence-corrected chi connectivity index (χ3v) is 3.40. The molecule has 0 saturated heterocycles. The van der Waals surface area contributed by atoms with Gasteiger partial charge in [-0.15, -0.1) is 0 Å². The minimum absolute atomic E-state index is 0.527. The number of hydrazone groups is 1. The maximum atomic E-state index is 11.8. The summed E-state index contributed by atoms with van der Waals surface area (Å²) in [5, 5.41) is 13.8. The molecule has 5 heteroatoms. The van der Waals surface area contributed by atoms with E-state index in [0.717, 1.165) is 24.2 Å². The molecule has 0 radical (unpaired) electrons. The van der Waals surface area contributed by atoms with Gasteiger partial charge in [0, 0.05) is 0 Å². The third-order valence-electron chi connectivity index (χ3n) is 3.40. The van der Waals surface area contributed by atoms with Crippen molar-refractivity contribution < 1.29 is 14.6 Å². The van der Waals surface area contributed by atoms with E-state index in [1.165, 1.54) is 6.21 Å². The van der Waals surface area contributed by atoms with Gasteiger partial charge in [-0.2, -0.15) is 5.10 Å². The molecule has 0 spiro atoms. The zero-order valence-electron chi connectivity index (χ0n) is 13.7. The van der Waals surface area contributed by atoms with E-state index >= 15 is 0 Å². The summed E-state index contributed by atoms with van der Waals surface area (Å²) >= 11 is 0. The summed E-state index contributed by atoms with van der Waals surface area (Å²) in [6, 6.07) is 16.1. The number of unbranched alkanes of at least 4 members (excludes halogenated alkanes) is 1. The molecule has 1 amide bonds. The van der Waals surface area contributed by atoms with Gasteiger partial charge in [0.2, 0.25) is 0 Å². The van der Waals surface area contributed by atoms with Gasteiger partial charge in [0.25, 0.3) is 5.91 Å². The molecule has 1 atom stereocenters. The van der Waals surface area contributed by atoms with Gasteiger partial charge in [-0.05, 0) is 41.8 Å². The van der Waals surface area contributed by atoms with Gasteiger partial charge in [-0.3, -0.25) is 4.79 Å². The maximum Gasteiger partial charge on any atom is 0.273 e. The molecule has 0 heterocycles. The van der Waals surface area contributed by atoms with Crippen molar-refractivity contribution in [3.05, 3.63) is 65.7 Å². The molecule has 1 unspecified atom stereocenters. The van der Waals surface area contributed by atoms with E-state index in [0.29, 0.717) is 12.2 Å². The lowest BCUT2D eigenvalue weighted by Gasteiger charge is -2.08. The van der Waals surface area contributed by atoms with E-state index < -0.39 is 12.0 Å². The highest BCUT2D eigenvalue weighted by molar-refractivity contribution is 5.85. The Morgan fingerprint density at radius 3 is 2.58 bits per heavy atom. The van der Waals surface area contributed by atoms with Crippen LogP contribution in [0.25, 0.3) is 0 Å². The standard InChI is InChI=1S/C19H22N2O3/c1-2-3-13-24-17-11-9-15(10-12-17)14-20-21-19(23)18(22)16-7-5-4-6-8-16/h4-12,14,18,22H,2-3,13H2,1H3,(H,21,23)/b20-14+. The highest BCUT2D eigenvalue weighted by Gasteiger charge is 2.15. The minimum Gasteiger partial charge on any atom is -0.494 e. The Morgan fingerprint density at radius 2 is 1.92 bits per heavy atom. The van der Waals surface area contributed by atoms with Crippen LogP contribution in [0.3, 0.4) is 0 Å². The van der Waals surface area contributed by atoms with E-state index in [4.69, 9.17) is 4.74 Å². The van der Waals surface area contributed by atoms with E-state index in [2.05, 4.69) is 17.5 Å². The SMILES string of the molecule is CCCCOc1ccc(/C=N/NC(=O)C(O)c2ccccc2)cc1. The first-order valence-corrected chi connectivity index (χ1v) is 7.99. The molecule has 0 aliphatic heterocycles. The highest BCUT2D eigenvalue weighted by atomic mass is 16.5. The number of carbonyl (C=O) groups is 1. The Labute approximate surface area is 142 Å². The van der Waals surface area contributed by atoms with Crippen LogP contribution >= 0.6 is 0 Å². The molecule has 0 bridgehead atoms. The summed E-state index contributed by atoms with van der Waals surface area (Å²) < 4.78 is 5.58. The average Bonchev–Trinajstić information content (AvgIpc) is 2.63. The normalized spacial score (nSPS) is 12.1. The van der Waals surface area contributed by atoms with Crippen molar-refractivity contribution in [1.82, 2.24) is 5.43 Å². The molecule has 126 valence electrons. The second-order valence-corrected chi connectivity index (χ2v) is 5.32. The number of rotatable bonds is 8. The zero-order valence-corrected chi connectivity index (χ0v) is 13.7. The van der Waals surface area contributed by atoms with E-state index in [1.807, 2.05) is 30.3 Å².